The summed E-state index contributed by atoms with van der Waals surface area (Å²) < 4.78 is 41.7. The van der Waals surface area contributed by atoms with Crippen LogP contribution < -0.4 is 10.5 Å². The quantitative estimate of drug-likeness (QED) is 0.782. The van der Waals surface area contributed by atoms with Gasteiger partial charge >= 0.3 is 7.60 Å². The van der Waals surface area contributed by atoms with Gasteiger partial charge in [-0.3, -0.25) is 4.57 Å². The van der Waals surface area contributed by atoms with Gasteiger partial charge < -0.3 is 19.5 Å². The molecule has 1 aromatic rings. The number of halogens is 1. The van der Waals surface area contributed by atoms with Crippen molar-refractivity contribution in [1.29, 1.82) is 0 Å². The molecule has 0 unspecified atom stereocenters. The molecular formula is C12H19FNO4P. The van der Waals surface area contributed by atoms with E-state index in [-0.39, 0.29) is 24.5 Å². The Labute approximate surface area is 112 Å². The Kier molecular flexibility index (Phi) is 5.94. The standard InChI is InChI=1S/C12H19FNO4P/c1-4-17-19(15,18-5-2)12(14)11-9(13)7-6-8-10(11)16-3/h6-8,12H,4-5,14H2,1-3H3/t12-/m1/s1. The first-order valence-corrected chi connectivity index (χ1v) is 7.58. The Balaban J connectivity index is 3.23. The molecule has 108 valence electrons. The number of methoxy groups -OCH3 is 1. The van der Waals surface area contributed by atoms with E-state index in [1.165, 1.54) is 19.2 Å². The maximum atomic E-state index is 13.9. The lowest BCUT2D eigenvalue weighted by Crippen LogP contribution is -2.17. The first-order valence-electron chi connectivity index (χ1n) is 5.96. The zero-order valence-corrected chi connectivity index (χ0v) is 12.2. The largest absolute Gasteiger partial charge is 0.496 e. The zero-order chi connectivity index (χ0) is 14.5. The lowest BCUT2D eigenvalue weighted by molar-refractivity contribution is 0.211. The molecule has 0 aliphatic carbocycles. The highest BCUT2D eigenvalue weighted by Gasteiger charge is 2.37. The van der Waals surface area contributed by atoms with Crippen LogP contribution in [-0.2, 0) is 13.6 Å². The Bertz CT molecular complexity index is 459. The molecule has 0 amide bonds. The molecule has 0 aromatic heterocycles. The average molecular weight is 291 g/mol. The van der Waals surface area contributed by atoms with Crippen LogP contribution in [0.4, 0.5) is 4.39 Å². The van der Waals surface area contributed by atoms with E-state index in [0.717, 1.165) is 0 Å². The van der Waals surface area contributed by atoms with Gasteiger partial charge in [0.25, 0.3) is 0 Å². The molecule has 0 saturated heterocycles. The molecule has 0 saturated carbocycles. The summed E-state index contributed by atoms with van der Waals surface area (Å²) in [6.45, 7) is 3.64. The lowest BCUT2D eigenvalue weighted by atomic mass is 10.2. The van der Waals surface area contributed by atoms with E-state index in [1.807, 2.05) is 0 Å². The van der Waals surface area contributed by atoms with Crippen LogP contribution in [0.1, 0.15) is 25.2 Å². The second kappa shape index (κ2) is 7.01. The van der Waals surface area contributed by atoms with Gasteiger partial charge in [0.15, 0.2) is 0 Å². The summed E-state index contributed by atoms with van der Waals surface area (Å²) in [5.74, 6) is -1.62. The third kappa shape index (κ3) is 3.54. The van der Waals surface area contributed by atoms with Gasteiger partial charge in [0.1, 0.15) is 17.3 Å². The van der Waals surface area contributed by atoms with Crippen LogP contribution in [0.15, 0.2) is 18.2 Å². The van der Waals surface area contributed by atoms with Gasteiger partial charge in [-0.2, -0.15) is 0 Å². The van der Waals surface area contributed by atoms with Crippen LogP contribution in [0, 0.1) is 5.82 Å². The molecule has 19 heavy (non-hydrogen) atoms. The Morgan fingerprint density at radius 3 is 2.37 bits per heavy atom. The molecule has 0 heterocycles. The minimum Gasteiger partial charge on any atom is -0.496 e. The molecule has 0 aliphatic heterocycles. The molecular weight excluding hydrogens is 272 g/mol. The third-order valence-corrected chi connectivity index (χ3v) is 4.66. The Hall–Kier alpha value is -0.940. The van der Waals surface area contributed by atoms with Crippen molar-refractivity contribution in [2.45, 2.75) is 19.6 Å². The summed E-state index contributed by atoms with van der Waals surface area (Å²) in [6, 6.07) is 4.25. The topological polar surface area (TPSA) is 70.8 Å². The summed E-state index contributed by atoms with van der Waals surface area (Å²) in [5, 5.41) is 0. The van der Waals surface area contributed by atoms with Gasteiger partial charge in [-0.1, -0.05) is 6.07 Å². The molecule has 0 radical (unpaired) electrons. The minimum atomic E-state index is -3.64. The summed E-state index contributed by atoms with van der Waals surface area (Å²) in [5.41, 5.74) is 5.89. The van der Waals surface area contributed by atoms with Gasteiger partial charge in [-0.15, -0.1) is 0 Å². The van der Waals surface area contributed by atoms with E-state index in [9.17, 15) is 8.96 Å². The SMILES string of the molecule is CCOP(=O)(OCC)[C@@H](N)c1c(F)cccc1OC. The Morgan fingerprint density at radius 1 is 1.32 bits per heavy atom. The number of nitrogens with two attached hydrogens (primary N) is 1. The summed E-state index contributed by atoms with van der Waals surface area (Å²) in [7, 11) is -2.26. The van der Waals surface area contributed by atoms with E-state index < -0.39 is 19.2 Å². The van der Waals surface area contributed by atoms with Crippen LogP contribution in [0.3, 0.4) is 0 Å². The number of hydrogen-bond acceptors (Lipinski definition) is 5. The molecule has 0 fully saturated rings. The highest BCUT2D eigenvalue weighted by Crippen LogP contribution is 2.59. The first kappa shape index (κ1) is 16.1. The number of benzene rings is 1. The fraction of sp³-hybridized carbons (Fsp3) is 0.500. The van der Waals surface area contributed by atoms with Crippen molar-refractivity contribution in [3.05, 3.63) is 29.6 Å². The second-order valence-corrected chi connectivity index (χ2v) is 5.83. The fourth-order valence-electron chi connectivity index (χ4n) is 1.70. The van der Waals surface area contributed by atoms with Gasteiger partial charge in [0.2, 0.25) is 0 Å². The van der Waals surface area contributed by atoms with E-state index in [4.69, 9.17) is 19.5 Å². The van der Waals surface area contributed by atoms with Crippen LogP contribution >= 0.6 is 7.60 Å². The molecule has 0 bridgehead atoms. The van der Waals surface area contributed by atoms with Crippen LogP contribution in [-0.4, -0.2) is 20.3 Å². The maximum absolute atomic E-state index is 13.9. The fourth-order valence-corrected chi connectivity index (χ4v) is 3.38. The number of rotatable bonds is 7. The predicted molar refractivity (Wildman–Crippen MR) is 70.7 cm³/mol. The van der Waals surface area contributed by atoms with Gasteiger partial charge in [0, 0.05) is 0 Å². The van der Waals surface area contributed by atoms with Crippen molar-refractivity contribution in [2.75, 3.05) is 20.3 Å². The summed E-state index contributed by atoms with van der Waals surface area (Å²) in [4.78, 5) is 0. The molecule has 0 spiro atoms. The lowest BCUT2D eigenvalue weighted by Gasteiger charge is -2.24. The molecule has 1 rings (SSSR count). The van der Waals surface area contributed by atoms with Gasteiger partial charge in [-0.25, -0.2) is 4.39 Å². The van der Waals surface area contributed by atoms with E-state index in [1.54, 1.807) is 19.9 Å². The van der Waals surface area contributed by atoms with Crippen molar-refractivity contribution in [1.82, 2.24) is 0 Å². The summed E-state index contributed by atoms with van der Waals surface area (Å²) in [6.07, 6.45) is 0. The minimum absolute atomic E-state index is 0.00441. The average Bonchev–Trinajstić information content (AvgIpc) is 2.38. The smallest absolute Gasteiger partial charge is 0.351 e. The number of hydrogen-bond donors (Lipinski definition) is 1. The predicted octanol–water partition coefficient (Wildman–Crippen LogP) is 3.06. The van der Waals surface area contributed by atoms with Crippen molar-refractivity contribution >= 4 is 7.60 Å². The monoisotopic (exact) mass is 291 g/mol. The summed E-state index contributed by atoms with van der Waals surface area (Å²) >= 11 is 0. The van der Waals surface area contributed by atoms with E-state index >= 15 is 0 Å². The normalized spacial score (nSPS) is 13.3. The van der Waals surface area contributed by atoms with Gasteiger partial charge in [0.05, 0.1) is 25.9 Å². The zero-order valence-electron chi connectivity index (χ0n) is 11.3. The van der Waals surface area contributed by atoms with Crippen molar-refractivity contribution in [2.24, 2.45) is 5.73 Å². The molecule has 2 N–H and O–H groups in total. The van der Waals surface area contributed by atoms with Gasteiger partial charge in [-0.05, 0) is 26.0 Å². The van der Waals surface area contributed by atoms with Crippen LogP contribution in [0.5, 0.6) is 5.75 Å². The highest BCUT2D eigenvalue weighted by molar-refractivity contribution is 7.54. The molecule has 7 heteroatoms. The molecule has 1 atom stereocenters. The van der Waals surface area contributed by atoms with Crippen molar-refractivity contribution in [3.63, 3.8) is 0 Å². The van der Waals surface area contributed by atoms with E-state index in [2.05, 4.69) is 0 Å². The maximum Gasteiger partial charge on any atom is 0.351 e. The Morgan fingerprint density at radius 2 is 1.89 bits per heavy atom. The molecule has 1 aromatic carbocycles. The van der Waals surface area contributed by atoms with Crippen LogP contribution in [0.25, 0.3) is 0 Å². The first-order chi connectivity index (χ1) is 9.00. The number of ether oxygens (including phenoxy) is 1. The second-order valence-electron chi connectivity index (χ2n) is 3.68. The van der Waals surface area contributed by atoms with E-state index in [0.29, 0.717) is 0 Å². The van der Waals surface area contributed by atoms with Crippen LogP contribution in [0.2, 0.25) is 0 Å². The highest BCUT2D eigenvalue weighted by atomic mass is 31.2. The van der Waals surface area contributed by atoms with Crippen molar-refractivity contribution < 1.29 is 22.7 Å². The third-order valence-electron chi connectivity index (χ3n) is 2.49. The molecule has 5 nitrogen and oxygen atoms in total. The van der Waals surface area contributed by atoms with Crippen molar-refractivity contribution in [3.8, 4) is 5.75 Å². The molecule has 0 aliphatic rings.